The van der Waals surface area contributed by atoms with Crippen molar-refractivity contribution in [2.45, 2.75) is 26.7 Å². The molecule has 1 N–H and O–H groups in total. The largest absolute Gasteiger partial charge is 0.426 e. The van der Waals surface area contributed by atoms with E-state index in [1.165, 1.54) is 13.0 Å². The van der Waals surface area contributed by atoms with Gasteiger partial charge in [-0.1, -0.05) is 13.8 Å². The van der Waals surface area contributed by atoms with Crippen molar-refractivity contribution in [2.75, 3.05) is 0 Å². The van der Waals surface area contributed by atoms with E-state index < -0.39 is 0 Å². The molecule has 0 aliphatic rings. The zero-order valence-corrected chi connectivity index (χ0v) is 8.98. The molecule has 0 heterocycles. The Morgan fingerprint density at radius 2 is 2.07 bits per heavy atom. The van der Waals surface area contributed by atoms with Crippen LogP contribution >= 0.6 is 0 Å². The molecule has 0 bridgehead atoms. The minimum atomic E-state index is -0.366. The van der Waals surface area contributed by atoms with Gasteiger partial charge in [0.25, 0.3) is 0 Å². The lowest BCUT2D eigenvalue weighted by molar-refractivity contribution is -0.137. The van der Waals surface area contributed by atoms with Crippen molar-refractivity contribution in [1.82, 2.24) is 0 Å². The SMILES string of the molecule is CC(=O)Oc1ccc(OO)cc1C(C)C. The number of carbonyl (C=O) groups excluding carboxylic acids is 1. The van der Waals surface area contributed by atoms with Gasteiger partial charge in [0.05, 0.1) is 0 Å². The van der Waals surface area contributed by atoms with Gasteiger partial charge >= 0.3 is 5.97 Å². The summed E-state index contributed by atoms with van der Waals surface area (Å²) in [6.45, 7) is 5.27. The Balaban J connectivity index is 3.09. The zero-order chi connectivity index (χ0) is 11.4. The van der Waals surface area contributed by atoms with Crippen LogP contribution in [-0.4, -0.2) is 11.2 Å². The summed E-state index contributed by atoms with van der Waals surface area (Å²) in [6, 6.07) is 4.77. The van der Waals surface area contributed by atoms with E-state index in [4.69, 9.17) is 9.99 Å². The second kappa shape index (κ2) is 4.79. The minimum Gasteiger partial charge on any atom is -0.426 e. The van der Waals surface area contributed by atoms with Crippen LogP contribution in [0, 0.1) is 0 Å². The highest BCUT2D eigenvalue weighted by atomic mass is 17.1. The highest BCUT2D eigenvalue weighted by molar-refractivity contribution is 5.70. The Kier molecular flexibility index (Phi) is 3.68. The molecule has 0 saturated carbocycles. The number of hydrogen-bond donors (Lipinski definition) is 1. The van der Waals surface area contributed by atoms with Crippen molar-refractivity contribution in [3.05, 3.63) is 23.8 Å². The number of benzene rings is 1. The average molecular weight is 210 g/mol. The van der Waals surface area contributed by atoms with Crippen LogP contribution in [0.3, 0.4) is 0 Å². The van der Waals surface area contributed by atoms with Crippen LogP contribution in [0.5, 0.6) is 11.5 Å². The fourth-order valence-corrected chi connectivity index (χ4v) is 1.28. The molecule has 0 aromatic heterocycles. The Morgan fingerprint density at radius 3 is 2.53 bits per heavy atom. The van der Waals surface area contributed by atoms with Gasteiger partial charge in [-0.3, -0.25) is 4.79 Å². The Morgan fingerprint density at radius 1 is 1.40 bits per heavy atom. The average Bonchev–Trinajstić information content (AvgIpc) is 2.17. The van der Waals surface area contributed by atoms with E-state index in [9.17, 15) is 4.79 Å². The lowest BCUT2D eigenvalue weighted by Crippen LogP contribution is -2.05. The Hall–Kier alpha value is -1.55. The van der Waals surface area contributed by atoms with Crippen LogP contribution in [0.4, 0.5) is 0 Å². The third-order valence-corrected chi connectivity index (χ3v) is 1.96. The van der Waals surface area contributed by atoms with E-state index >= 15 is 0 Å². The quantitative estimate of drug-likeness (QED) is 0.360. The molecule has 0 aliphatic carbocycles. The first kappa shape index (κ1) is 11.5. The van der Waals surface area contributed by atoms with E-state index in [0.29, 0.717) is 11.5 Å². The molecular weight excluding hydrogens is 196 g/mol. The van der Waals surface area contributed by atoms with Crippen molar-refractivity contribution >= 4 is 5.97 Å². The molecule has 4 nitrogen and oxygen atoms in total. The van der Waals surface area contributed by atoms with Gasteiger partial charge in [-0.2, -0.15) is 0 Å². The summed E-state index contributed by atoms with van der Waals surface area (Å²) in [7, 11) is 0. The molecule has 0 aliphatic heterocycles. The van der Waals surface area contributed by atoms with Crippen LogP contribution in [0.25, 0.3) is 0 Å². The van der Waals surface area contributed by atoms with Gasteiger partial charge < -0.3 is 9.62 Å². The van der Waals surface area contributed by atoms with Crippen LogP contribution in [0.2, 0.25) is 0 Å². The number of hydrogen-bond acceptors (Lipinski definition) is 4. The standard InChI is InChI=1S/C11H14O4/c1-7(2)10-6-9(15-13)4-5-11(10)14-8(3)12/h4-7,13H,1-3H3. The molecule has 0 radical (unpaired) electrons. The first-order chi connectivity index (χ1) is 7.04. The zero-order valence-electron chi connectivity index (χ0n) is 8.98. The monoisotopic (exact) mass is 210 g/mol. The Labute approximate surface area is 88.4 Å². The lowest BCUT2D eigenvalue weighted by Gasteiger charge is -2.12. The number of rotatable bonds is 3. The molecule has 0 spiro atoms. The molecule has 82 valence electrons. The summed E-state index contributed by atoms with van der Waals surface area (Å²) in [6.07, 6.45) is 0. The topological polar surface area (TPSA) is 55.8 Å². The van der Waals surface area contributed by atoms with Crippen molar-refractivity contribution in [2.24, 2.45) is 0 Å². The molecule has 1 rings (SSSR count). The molecule has 15 heavy (non-hydrogen) atoms. The number of carbonyl (C=O) groups is 1. The second-order valence-corrected chi connectivity index (χ2v) is 3.54. The molecule has 1 aromatic rings. The molecular formula is C11H14O4. The van der Waals surface area contributed by atoms with E-state index in [0.717, 1.165) is 5.56 Å². The van der Waals surface area contributed by atoms with E-state index in [-0.39, 0.29) is 11.9 Å². The lowest BCUT2D eigenvalue weighted by atomic mass is 10.0. The van der Waals surface area contributed by atoms with E-state index in [2.05, 4.69) is 4.89 Å². The highest BCUT2D eigenvalue weighted by Gasteiger charge is 2.11. The Bertz CT molecular complexity index is 358. The maximum absolute atomic E-state index is 10.8. The molecule has 0 saturated heterocycles. The number of esters is 1. The van der Waals surface area contributed by atoms with Crippen LogP contribution < -0.4 is 9.62 Å². The maximum Gasteiger partial charge on any atom is 0.308 e. The van der Waals surface area contributed by atoms with Gasteiger partial charge in [-0.25, -0.2) is 5.26 Å². The van der Waals surface area contributed by atoms with Crippen LogP contribution in [0.15, 0.2) is 18.2 Å². The summed E-state index contributed by atoms with van der Waals surface area (Å²) < 4.78 is 5.03. The van der Waals surface area contributed by atoms with Gasteiger partial charge in [0.15, 0.2) is 5.75 Å². The van der Waals surface area contributed by atoms with Gasteiger partial charge in [0.2, 0.25) is 0 Å². The predicted octanol–water partition coefficient (Wildman–Crippen LogP) is 2.59. The fourth-order valence-electron chi connectivity index (χ4n) is 1.28. The molecule has 0 atom stereocenters. The summed E-state index contributed by atoms with van der Waals surface area (Å²) in [5, 5.41) is 8.51. The molecule has 0 fully saturated rings. The molecule has 0 unspecified atom stereocenters. The first-order valence-electron chi connectivity index (χ1n) is 4.68. The smallest absolute Gasteiger partial charge is 0.308 e. The minimum absolute atomic E-state index is 0.175. The first-order valence-corrected chi connectivity index (χ1v) is 4.68. The summed E-state index contributed by atoms with van der Waals surface area (Å²) in [5.41, 5.74) is 0.816. The summed E-state index contributed by atoms with van der Waals surface area (Å²) in [5.74, 6) is 0.636. The van der Waals surface area contributed by atoms with Crippen LogP contribution in [-0.2, 0) is 4.79 Å². The van der Waals surface area contributed by atoms with E-state index in [1.807, 2.05) is 13.8 Å². The predicted molar refractivity (Wildman–Crippen MR) is 55.1 cm³/mol. The summed E-state index contributed by atoms with van der Waals surface area (Å²) >= 11 is 0. The fraction of sp³-hybridized carbons (Fsp3) is 0.364. The van der Waals surface area contributed by atoms with Gasteiger partial charge in [-0.15, -0.1) is 0 Å². The van der Waals surface area contributed by atoms with Gasteiger partial charge in [-0.05, 0) is 24.1 Å². The molecule has 4 heteroatoms. The number of ether oxygens (including phenoxy) is 1. The van der Waals surface area contributed by atoms with Crippen molar-refractivity contribution < 1.29 is 19.7 Å². The van der Waals surface area contributed by atoms with Crippen molar-refractivity contribution in [3.8, 4) is 11.5 Å². The van der Waals surface area contributed by atoms with E-state index in [1.54, 1.807) is 12.1 Å². The van der Waals surface area contributed by atoms with Crippen molar-refractivity contribution in [1.29, 1.82) is 0 Å². The maximum atomic E-state index is 10.8. The van der Waals surface area contributed by atoms with Gasteiger partial charge in [0, 0.05) is 12.5 Å². The normalized spacial score (nSPS) is 10.2. The third-order valence-electron chi connectivity index (χ3n) is 1.96. The third kappa shape index (κ3) is 2.95. The molecule has 0 amide bonds. The highest BCUT2D eigenvalue weighted by Crippen LogP contribution is 2.30. The summed E-state index contributed by atoms with van der Waals surface area (Å²) in [4.78, 5) is 15.0. The van der Waals surface area contributed by atoms with Gasteiger partial charge in [0.1, 0.15) is 5.75 Å². The van der Waals surface area contributed by atoms with Crippen LogP contribution in [0.1, 0.15) is 32.3 Å². The molecule has 1 aromatic carbocycles. The second-order valence-electron chi connectivity index (χ2n) is 3.54. The van der Waals surface area contributed by atoms with Crippen molar-refractivity contribution in [3.63, 3.8) is 0 Å².